The van der Waals surface area contributed by atoms with Crippen LogP contribution in [0.25, 0.3) is 0 Å². The molecule has 13 heavy (non-hydrogen) atoms. The fraction of sp³-hybridized carbons (Fsp3) is 0.800. The largest absolute Gasteiger partial charge is 0.495 e. The Morgan fingerprint density at radius 1 is 1.69 bits per heavy atom. The standard InChI is InChI=1S/C10H18O3/c1-2-6-12-8-9(11)10-5-3-4-7-13-10/h5,9,11H,2-4,6-8H2,1H3. The molecule has 76 valence electrons. The maximum atomic E-state index is 9.58. The average molecular weight is 186 g/mol. The van der Waals surface area contributed by atoms with Crippen molar-refractivity contribution >= 4 is 0 Å². The quantitative estimate of drug-likeness (QED) is 0.661. The Balaban J connectivity index is 2.21. The SMILES string of the molecule is CCCOCC(O)C1=CCCCO1. The molecule has 1 heterocycles. The molecule has 1 aliphatic heterocycles. The molecular formula is C10H18O3. The van der Waals surface area contributed by atoms with E-state index in [2.05, 4.69) is 0 Å². The molecular weight excluding hydrogens is 168 g/mol. The maximum Gasteiger partial charge on any atom is 0.134 e. The van der Waals surface area contributed by atoms with Gasteiger partial charge in [-0.15, -0.1) is 0 Å². The topological polar surface area (TPSA) is 38.7 Å². The number of hydrogen-bond acceptors (Lipinski definition) is 3. The van der Waals surface area contributed by atoms with Gasteiger partial charge in [0.15, 0.2) is 0 Å². The zero-order chi connectivity index (χ0) is 9.52. The first-order chi connectivity index (χ1) is 6.34. The first-order valence-electron chi connectivity index (χ1n) is 4.93. The highest BCUT2D eigenvalue weighted by atomic mass is 16.5. The third-order valence-corrected chi connectivity index (χ3v) is 1.92. The van der Waals surface area contributed by atoms with E-state index in [1.807, 2.05) is 13.0 Å². The summed E-state index contributed by atoms with van der Waals surface area (Å²) in [7, 11) is 0. The lowest BCUT2D eigenvalue weighted by atomic mass is 10.2. The molecule has 3 heteroatoms. The molecule has 1 rings (SSSR count). The van der Waals surface area contributed by atoms with E-state index < -0.39 is 6.10 Å². The van der Waals surface area contributed by atoms with Crippen LogP contribution in [-0.2, 0) is 9.47 Å². The summed E-state index contributed by atoms with van der Waals surface area (Å²) in [6.45, 7) is 3.81. The van der Waals surface area contributed by atoms with Gasteiger partial charge in [0.1, 0.15) is 11.9 Å². The summed E-state index contributed by atoms with van der Waals surface area (Å²) in [6.07, 6.45) is 4.40. The van der Waals surface area contributed by atoms with E-state index in [0.29, 0.717) is 19.0 Å². The third-order valence-electron chi connectivity index (χ3n) is 1.92. The van der Waals surface area contributed by atoms with Crippen LogP contribution in [0.1, 0.15) is 26.2 Å². The van der Waals surface area contributed by atoms with Crippen LogP contribution in [0.5, 0.6) is 0 Å². The second-order valence-electron chi connectivity index (χ2n) is 3.19. The number of hydrogen-bond donors (Lipinski definition) is 1. The van der Waals surface area contributed by atoms with E-state index in [9.17, 15) is 5.11 Å². The summed E-state index contributed by atoms with van der Waals surface area (Å²) in [5, 5.41) is 9.58. The van der Waals surface area contributed by atoms with Gasteiger partial charge < -0.3 is 14.6 Å². The van der Waals surface area contributed by atoms with Crippen molar-refractivity contribution < 1.29 is 14.6 Å². The summed E-state index contributed by atoms with van der Waals surface area (Å²) >= 11 is 0. The van der Waals surface area contributed by atoms with Crippen LogP contribution in [0.4, 0.5) is 0 Å². The second kappa shape index (κ2) is 6.00. The van der Waals surface area contributed by atoms with Gasteiger partial charge in [-0.2, -0.15) is 0 Å². The van der Waals surface area contributed by atoms with Crippen LogP contribution in [0.15, 0.2) is 11.8 Å². The summed E-state index contributed by atoms with van der Waals surface area (Å²) in [6, 6.07) is 0. The first kappa shape index (κ1) is 10.5. The lowest BCUT2D eigenvalue weighted by Gasteiger charge is -2.19. The van der Waals surface area contributed by atoms with Crippen molar-refractivity contribution in [3.63, 3.8) is 0 Å². The van der Waals surface area contributed by atoms with Crippen LogP contribution in [0.2, 0.25) is 0 Å². The summed E-state index contributed by atoms with van der Waals surface area (Å²) in [4.78, 5) is 0. The number of aliphatic hydroxyl groups is 1. The molecule has 0 aliphatic carbocycles. The molecule has 0 aromatic rings. The van der Waals surface area contributed by atoms with Gasteiger partial charge in [0.05, 0.1) is 13.2 Å². The third kappa shape index (κ3) is 3.79. The molecule has 0 saturated carbocycles. The molecule has 0 amide bonds. The van der Waals surface area contributed by atoms with Crippen LogP contribution in [0, 0.1) is 0 Å². The Hall–Kier alpha value is -0.540. The van der Waals surface area contributed by atoms with Gasteiger partial charge in [-0.1, -0.05) is 6.92 Å². The fourth-order valence-corrected chi connectivity index (χ4v) is 1.23. The van der Waals surface area contributed by atoms with Crippen molar-refractivity contribution in [2.24, 2.45) is 0 Å². The average Bonchev–Trinajstić information content (AvgIpc) is 2.19. The van der Waals surface area contributed by atoms with Crippen molar-refractivity contribution in [1.82, 2.24) is 0 Å². The van der Waals surface area contributed by atoms with Gasteiger partial charge in [0, 0.05) is 6.61 Å². The van der Waals surface area contributed by atoms with Crippen LogP contribution in [-0.4, -0.2) is 31.0 Å². The van der Waals surface area contributed by atoms with Crippen molar-refractivity contribution in [2.75, 3.05) is 19.8 Å². The van der Waals surface area contributed by atoms with Crippen molar-refractivity contribution in [1.29, 1.82) is 0 Å². The molecule has 0 fully saturated rings. The Morgan fingerprint density at radius 2 is 2.54 bits per heavy atom. The van der Waals surface area contributed by atoms with Gasteiger partial charge in [-0.3, -0.25) is 0 Å². The molecule has 0 saturated heterocycles. The lowest BCUT2D eigenvalue weighted by Crippen LogP contribution is -2.22. The smallest absolute Gasteiger partial charge is 0.134 e. The van der Waals surface area contributed by atoms with E-state index in [4.69, 9.17) is 9.47 Å². The van der Waals surface area contributed by atoms with Crippen molar-refractivity contribution in [3.05, 3.63) is 11.8 Å². The van der Waals surface area contributed by atoms with Crippen molar-refractivity contribution in [3.8, 4) is 0 Å². The predicted octanol–water partition coefficient (Wildman–Crippen LogP) is 1.47. The normalized spacial score (nSPS) is 19.1. The molecule has 1 N–H and O–H groups in total. The number of rotatable bonds is 5. The lowest BCUT2D eigenvalue weighted by molar-refractivity contribution is 0.0164. The molecule has 1 atom stereocenters. The van der Waals surface area contributed by atoms with E-state index in [0.717, 1.165) is 25.9 Å². The monoisotopic (exact) mass is 186 g/mol. The fourth-order valence-electron chi connectivity index (χ4n) is 1.23. The maximum absolute atomic E-state index is 9.58. The van der Waals surface area contributed by atoms with E-state index >= 15 is 0 Å². The van der Waals surface area contributed by atoms with E-state index in [1.54, 1.807) is 0 Å². The molecule has 1 aliphatic rings. The first-order valence-corrected chi connectivity index (χ1v) is 4.93. The zero-order valence-electron chi connectivity index (χ0n) is 8.16. The number of ether oxygens (including phenoxy) is 2. The second-order valence-corrected chi connectivity index (χ2v) is 3.19. The molecule has 0 bridgehead atoms. The molecule has 0 aromatic carbocycles. The highest BCUT2D eigenvalue weighted by molar-refractivity contribution is 5.01. The minimum atomic E-state index is -0.577. The Labute approximate surface area is 79.3 Å². The molecule has 1 unspecified atom stereocenters. The number of allylic oxidation sites excluding steroid dienone is 1. The Bertz CT molecular complexity index is 166. The van der Waals surface area contributed by atoms with Crippen molar-refractivity contribution in [2.45, 2.75) is 32.3 Å². The van der Waals surface area contributed by atoms with E-state index in [1.165, 1.54) is 0 Å². The summed E-state index contributed by atoms with van der Waals surface area (Å²) < 4.78 is 10.5. The summed E-state index contributed by atoms with van der Waals surface area (Å²) in [5.41, 5.74) is 0. The van der Waals surface area contributed by atoms with Gasteiger partial charge in [0.25, 0.3) is 0 Å². The van der Waals surface area contributed by atoms with Crippen LogP contribution >= 0.6 is 0 Å². The van der Waals surface area contributed by atoms with E-state index in [-0.39, 0.29) is 0 Å². The minimum absolute atomic E-state index is 0.347. The van der Waals surface area contributed by atoms with Gasteiger partial charge in [-0.25, -0.2) is 0 Å². The van der Waals surface area contributed by atoms with Gasteiger partial charge in [0.2, 0.25) is 0 Å². The predicted molar refractivity (Wildman–Crippen MR) is 50.4 cm³/mol. The minimum Gasteiger partial charge on any atom is -0.495 e. The van der Waals surface area contributed by atoms with Gasteiger partial charge in [-0.05, 0) is 25.3 Å². The van der Waals surface area contributed by atoms with Crippen LogP contribution in [0.3, 0.4) is 0 Å². The Kier molecular flexibility index (Phi) is 4.86. The Morgan fingerprint density at radius 3 is 3.15 bits per heavy atom. The molecule has 0 radical (unpaired) electrons. The molecule has 0 aromatic heterocycles. The zero-order valence-corrected chi connectivity index (χ0v) is 8.16. The van der Waals surface area contributed by atoms with Crippen LogP contribution < -0.4 is 0 Å². The number of aliphatic hydroxyl groups excluding tert-OH is 1. The molecule has 3 nitrogen and oxygen atoms in total. The summed E-state index contributed by atoms with van der Waals surface area (Å²) in [5.74, 6) is 0.683. The molecule has 0 spiro atoms. The highest BCUT2D eigenvalue weighted by Gasteiger charge is 2.14. The van der Waals surface area contributed by atoms with Gasteiger partial charge >= 0.3 is 0 Å². The highest BCUT2D eigenvalue weighted by Crippen LogP contribution is 2.13.